The van der Waals surface area contributed by atoms with Crippen molar-refractivity contribution in [2.24, 2.45) is 0 Å². The Morgan fingerprint density at radius 3 is 1.64 bits per heavy atom. The Labute approximate surface area is 81.6 Å². The van der Waals surface area contributed by atoms with Crippen LogP contribution in [0, 0.1) is 0 Å². The van der Waals surface area contributed by atoms with Crippen molar-refractivity contribution in [3.05, 3.63) is 0 Å². The Hall–Kier alpha value is 0.999. The molecule has 5 atom stereocenters. The second-order valence-electron chi connectivity index (χ2n) is 10.2. The molecule has 10 aliphatic heterocycles. The van der Waals surface area contributed by atoms with E-state index in [9.17, 15) is 0 Å². The summed E-state index contributed by atoms with van der Waals surface area (Å²) < 4.78 is 2.04. The summed E-state index contributed by atoms with van der Waals surface area (Å²) in [6.07, 6.45) is 1.61. The van der Waals surface area contributed by atoms with Gasteiger partial charge in [0.25, 0.3) is 0 Å². The van der Waals surface area contributed by atoms with Crippen molar-refractivity contribution in [1.82, 2.24) is 0 Å². The minimum atomic E-state index is -2.75. The van der Waals surface area contributed by atoms with Crippen LogP contribution in [0.25, 0.3) is 0 Å². The van der Waals surface area contributed by atoms with Crippen LogP contribution in [0.15, 0.2) is 0 Å². The topological polar surface area (TPSA) is 0 Å². The van der Waals surface area contributed by atoms with Crippen LogP contribution < -0.4 is 0 Å². The molecule has 0 saturated carbocycles. The van der Waals surface area contributed by atoms with Gasteiger partial charge in [-0.15, -0.1) is 0 Å². The van der Waals surface area contributed by atoms with Crippen molar-refractivity contribution in [2.45, 2.75) is 59.4 Å². The fourth-order valence-electron chi connectivity index (χ4n) is 17.7. The zero-order chi connectivity index (χ0) is 8.64. The summed E-state index contributed by atoms with van der Waals surface area (Å²) in [4.78, 5) is 11.8. The molecule has 5 unspecified atom stereocenters. The van der Waals surface area contributed by atoms with Crippen molar-refractivity contribution in [3.8, 4) is 0 Å². The quantitative estimate of drug-likeness (QED) is 0.494. The van der Waals surface area contributed by atoms with Gasteiger partial charge in [-0.05, 0) is 0 Å². The number of rotatable bonds is 1. The van der Waals surface area contributed by atoms with Crippen molar-refractivity contribution in [1.29, 1.82) is 0 Å². The van der Waals surface area contributed by atoms with Gasteiger partial charge in [-0.3, -0.25) is 0 Å². The van der Waals surface area contributed by atoms with Gasteiger partial charge in [-0.2, -0.15) is 0 Å². The number of fused-ring (bicyclic) bond motifs is 10. The number of halogens is 1. The Morgan fingerprint density at radius 2 is 1.57 bits per heavy atom. The summed E-state index contributed by atoms with van der Waals surface area (Å²) >= 11 is 4.45. The molecule has 0 N–H and O–H groups in total. The van der Waals surface area contributed by atoms with E-state index < -0.39 is 6.51 Å². The first-order valence-corrected chi connectivity index (χ1v) is 13.4. The minimum absolute atomic E-state index is 0.952. The molecule has 76 valence electrons. The molecule has 1 spiro atoms. The third-order valence-corrected chi connectivity index (χ3v) is 66.3. The van der Waals surface area contributed by atoms with E-state index in [1.165, 1.54) is 38.5 Å². The van der Waals surface area contributed by atoms with E-state index >= 15 is 0 Å². The molecule has 0 aromatic rings. The molecule has 10 aliphatic rings. The Morgan fingerprint density at radius 1 is 1.00 bits per heavy atom. The first-order chi connectivity index (χ1) is 6.50. The summed E-state index contributed by atoms with van der Waals surface area (Å²) in [6.45, 7) is -0.194. The molecule has 0 aromatic heterocycles. The molecule has 0 aliphatic carbocycles. The van der Waals surface area contributed by atoms with E-state index in [0.29, 0.717) is 0 Å². The van der Waals surface area contributed by atoms with Crippen LogP contribution >= 0.6 is 15.9 Å². The van der Waals surface area contributed by atoms with Crippen LogP contribution in [-0.2, 0) is 6.51 Å². The molecule has 10 rings (SSSR count). The van der Waals surface area contributed by atoms with Crippen molar-refractivity contribution in [3.63, 3.8) is 0 Å². The van der Waals surface area contributed by atoms with Gasteiger partial charge in [0.1, 0.15) is 0 Å². The second kappa shape index (κ2) is 0.343. The summed E-state index contributed by atoms with van der Waals surface area (Å²) in [5.74, 6) is 0. The van der Waals surface area contributed by atoms with Crippen LogP contribution in [0.5, 0.6) is 0 Å². The van der Waals surface area contributed by atoms with Gasteiger partial charge in [0.15, 0.2) is 0 Å². The van der Waals surface area contributed by atoms with Crippen LogP contribution in [-0.4, -0.2) is 3.22 Å². The molecule has 10 heterocycles. The summed E-state index contributed by atoms with van der Waals surface area (Å²) in [5, 5.41) is 0. The molecule has 0 nitrogen and oxygen atoms in total. The normalized spacial score (nSPS) is 148. The SMILES string of the molecule is CC[C]12[CH]3[CH]4[CH]5[C]1(Br)[Fe]45321678[CH]2[CH]1[CH]6[CH]7[CH]28. The Bertz CT molecular complexity index is 887. The standard InChI is InChI=1S/C7H8Br.C5H5.Fe/c1-2-6-4-3-5-7(6)8;1-2-4-5-3-1;/h3-5H,2H2,1H3;1-5H;. The van der Waals surface area contributed by atoms with Gasteiger partial charge in [0.05, 0.1) is 0 Å². The molecule has 10 saturated heterocycles. The third kappa shape index (κ3) is 0.0351. The third-order valence-electron chi connectivity index (χ3n) is 15.5. The monoisotopic (exact) mass is 292 g/mol. The van der Waals surface area contributed by atoms with E-state index in [1.54, 1.807) is 6.42 Å². The summed E-state index contributed by atoms with van der Waals surface area (Å²) in [6, 6.07) is 0. The zero-order valence-corrected chi connectivity index (χ0v) is 10.7. The van der Waals surface area contributed by atoms with Gasteiger partial charge >= 0.3 is 81.9 Å². The van der Waals surface area contributed by atoms with Crippen molar-refractivity contribution < 1.29 is 6.51 Å². The Kier molecular flexibility index (Phi) is 0.125. The van der Waals surface area contributed by atoms with Crippen LogP contribution in [0.1, 0.15) is 13.3 Å². The van der Waals surface area contributed by atoms with Gasteiger partial charge < -0.3 is 0 Å². The van der Waals surface area contributed by atoms with E-state index in [-0.39, 0.29) is 0 Å². The molecular weight excluding hydrogens is 280 g/mol. The maximum absolute atomic E-state index is 4.45. The van der Waals surface area contributed by atoms with Crippen molar-refractivity contribution in [2.75, 3.05) is 0 Å². The molecular formula is C12H13BrFe. The molecule has 14 heavy (non-hydrogen) atoms. The first-order valence-electron chi connectivity index (χ1n) is 6.40. The average Bonchev–Trinajstić information content (AvgIpc) is 3.11. The van der Waals surface area contributed by atoms with Crippen LogP contribution in [0.2, 0.25) is 42.8 Å². The van der Waals surface area contributed by atoms with Crippen molar-refractivity contribution >= 4 is 15.9 Å². The number of hydrogen-bond acceptors (Lipinski definition) is 0. The van der Waals surface area contributed by atoms with Gasteiger partial charge in [0, 0.05) is 0 Å². The van der Waals surface area contributed by atoms with Gasteiger partial charge in [0.2, 0.25) is 0 Å². The molecule has 10 fully saturated rings. The average molecular weight is 293 g/mol. The fraction of sp³-hybridized carbons (Fsp3) is 1.00. The molecule has 0 aromatic carbocycles. The number of hydrogen-bond donors (Lipinski definition) is 0. The predicted molar refractivity (Wildman–Crippen MR) is 54.6 cm³/mol. The fourth-order valence-corrected chi connectivity index (χ4v) is 107. The van der Waals surface area contributed by atoms with E-state index in [1.807, 2.05) is 0 Å². The van der Waals surface area contributed by atoms with E-state index in [2.05, 4.69) is 22.9 Å². The zero-order valence-electron chi connectivity index (χ0n) is 8.06. The predicted octanol–water partition coefficient (Wildman–Crippen LogP) is 4.46. The summed E-state index contributed by atoms with van der Waals surface area (Å²) in [5.41, 5.74) is 0. The van der Waals surface area contributed by atoms with Gasteiger partial charge in [-0.1, -0.05) is 0 Å². The molecule has 0 radical (unpaired) electrons. The molecule has 0 bridgehead atoms. The van der Waals surface area contributed by atoms with Crippen LogP contribution in [0.3, 0.4) is 0 Å². The molecule has 2 heteroatoms. The second-order valence-corrected chi connectivity index (χ2v) is 35.4. The first kappa shape index (κ1) is 5.10. The van der Waals surface area contributed by atoms with Crippen LogP contribution in [0.4, 0.5) is 0 Å². The maximum atomic E-state index is 4.45. The van der Waals surface area contributed by atoms with Gasteiger partial charge in [-0.25, -0.2) is 0 Å². The van der Waals surface area contributed by atoms with E-state index in [4.69, 9.17) is 0 Å². The summed E-state index contributed by atoms with van der Waals surface area (Å²) in [7, 11) is 0. The number of alkyl halides is 1. The van der Waals surface area contributed by atoms with E-state index in [0.717, 1.165) is 7.54 Å². The molecule has 0 amide bonds. The Balaban J connectivity index is 2.02.